The van der Waals surface area contributed by atoms with Crippen LogP contribution in [0.15, 0.2) is 206 Å². The quantitative estimate of drug-likeness (QED) is 0.162. The molecule has 0 N–H and O–H groups in total. The zero-order chi connectivity index (χ0) is 38.8. The molecule has 0 bridgehead atoms. The van der Waals surface area contributed by atoms with Crippen LogP contribution in [0.2, 0.25) is 0 Å². The molecule has 0 saturated heterocycles. The topological polar surface area (TPSA) is 15.7 Å². The van der Waals surface area contributed by atoms with E-state index in [4.69, 9.17) is 4.74 Å². The second-order valence-corrected chi connectivity index (χ2v) is 15.8. The van der Waals surface area contributed by atoms with Gasteiger partial charge in [-0.15, -0.1) is 0 Å². The van der Waals surface area contributed by atoms with Gasteiger partial charge in [0, 0.05) is 45.2 Å². The summed E-state index contributed by atoms with van der Waals surface area (Å²) in [6.07, 6.45) is 0. The van der Waals surface area contributed by atoms with Crippen molar-refractivity contribution in [2.45, 2.75) is 19.3 Å². The molecule has 9 aromatic carbocycles. The monoisotopic (exact) mass is 744 g/mol. The van der Waals surface area contributed by atoms with E-state index >= 15 is 0 Å². The lowest BCUT2D eigenvalue weighted by Crippen LogP contribution is -2.17. The molecular formula is C55H40N2O. The summed E-state index contributed by atoms with van der Waals surface area (Å²) in [5.74, 6) is 1.67. The van der Waals surface area contributed by atoms with Crippen molar-refractivity contribution in [1.29, 1.82) is 0 Å². The molecule has 0 spiro atoms. The number of rotatable bonds is 7. The lowest BCUT2D eigenvalue weighted by atomic mass is 9.82. The third kappa shape index (κ3) is 5.43. The molecule has 276 valence electrons. The van der Waals surface area contributed by atoms with Gasteiger partial charge in [0.2, 0.25) is 0 Å². The summed E-state index contributed by atoms with van der Waals surface area (Å²) in [5.41, 5.74) is 16.1. The van der Waals surface area contributed by atoms with Crippen LogP contribution in [-0.4, -0.2) is 0 Å². The zero-order valence-corrected chi connectivity index (χ0v) is 32.4. The first-order valence-electron chi connectivity index (χ1n) is 20.0. The Bertz CT molecular complexity index is 2950. The molecule has 3 nitrogen and oxygen atoms in total. The van der Waals surface area contributed by atoms with Crippen LogP contribution in [0, 0.1) is 0 Å². The maximum Gasteiger partial charge on any atom is 0.159 e. The molecule has 2 aliphatic rings. The van der Waals surface area contributed by atoms with E-state index in [1.807, 2.05) is 0 Å². The van der Waals surface area contributed by atoms with Crippen LogP contribution in [0.5, 0.6) is 11.5 Å². The van der Waals surface area contributed by atoms with E-state index in [1.165, 1.54) is 33.4 Å². The molecule has 0 radical (unpaired) electrons. The first-order chi connectivity index (χ1) is 28.5. The Morgan fingerprint density at radius 3 is 1.69 bits per heavy atom. The highest BCUT2D eigenvalue weighted by molar-refractivity contribution is 6.07. The van der Waals surface area contributed by atoms with Gasteiger partial charge >= 0.3 is 0 Å². The maximum atomic E-state index is 7.28. The first kappa shape index (κ1) is 33.9. The molecule has 0 unspecified atom stereocenters. The Balaban J connectivity index is 1.10. The van der Waals surface area contributed by atoms with Crippen LogP contribution in [0.1, 0.15) is 25.0 Å². The Labute approximate surface area is 339 Å². The normalized spacial score (nSPS) is 12.9. The number of ether oxygens (including phenoxy) is 1. The Kier molecular flexibility index (Phi) is 7.84. The van der Waals surface area contributed by atoms with Gasteiger partial charge in [0.1, 0.15) is 5.75 Å². The zero-order valence-electron chi connectivity index (χ0n) is 32.4. The summed E-state index contributed by atoms with van der Waals surface area (Å²) < 4.78 is 7.28. The Hall–Kier alpha value is -7.36. The molecule has 1 aliphatic carbocycles. The SMILES string of the molecule is CC1(C)c2ccccc2-c2ccc(N(c3ccc(-c4ccccc4)cc3)c3cccc4c3Oc3cc(N(c5ccccc5)c5ccccc5)cc5cccc-4c35)cc21. The Morgan fingerprint density at radius 2 is 0.948 bits per heavy atom. The minimum absolute atomic E-state index is 0.147. The van der Waals surface area contributed by atoms with E-state index in [2.05, 4.69) is 230 Å². The van der Waals surface area contributed by atoms with Crippen molar-refractivity contribution in [2.24, 2.45) is 0 Å². The summed E-state index contributed by atoms with van der Waals surface area (Å²) >= 11 is 0. The minimum Gasteiger partial charge on any atom is -0.454 e. The summed E-state index contributed by atoms with van der Waals surface area (Å²) in [6.45, 7) is 4.69. The van der Waals surface area contributed by atoms with Crippen molar-refractivity contribution in [3.05, 3.63) is 217 Å². The second-order valence-electron chi connectivity index (χ2n) is 15.8. The molecule has 9 aromatic rings. The van der Waals surface area contributed by atoms with E-state index in [1.54, 1.807) is 0 Å². The van der Waals surface area contributed by atoms with Gasteiger partial charge in [-0.3, -0.25) is 0 Å². The van der Waals surface area contributed by atoms with E-state index in [0.717, 1.165) is 67.5 Å². The number of hydrogen-bond acceptors (Lipinski definition) is 3. The molecule has 3 heteroatoms. The summed E-state index contributed by atoms with van der Waals surface area (Å²) in [6, 6.07) is 74.1. The van der Waals surface area contributed by atoms with Gasteiger partial charge in [-0.05, 0) is 105 Å². The fourth-order valence-corrected chi connectivity index (χ4v) is 9.23. The molecule has 0 fully saturated rings. The van der Waals surface area contributed by atoms with Crippen molar-refractivity contribution in [1.82, 2.24) is 0 Å². The number of hydrogen-bond donors (Lipinski definition) is 0. The molecule has 0 aromatic heterocycles. The first-order valence-corrected chi connectivity index (χ1v) is 20.0. The van der Waals surface area contributed by atoms with E-state index in [9.17, 15) is 0 Å². The standard InChI is InChI=1S/C55H40N2O/c1-55(2)49-26-13-12-23-45(49)46-33-32-43(35-50(46)55)57(42-30-28-38(29-31-42)37-16-6-3-7-17-37)51-27-15-25-48-47-24-14-18-39-34-44(36-52(53(39)47)58-54(48)51)56(40-19-8-4-9-20-40)41-21-10-5-11-22-41/h3-36H,1-2H3. The molecule has 1 aliphatic heterocycles. The van der Waals surface area contributed by atoms with Crippen LogP contribution >= 0.6 is 0 Å². The summed E-state index contributed by atoms with van der Waals surface area (Å²) in [7, 11) is 0. The largest absolute Gasteiger partial charge is 0.454 e. The van der Waals surface area contributed by atoms with Gasteiger partial charge in [0.15, 0.2) is 5.75 Å². The lowest BCUT2D eigenvalue weighted by Gasteiger charge is -2.32. The van der Waals surface area contributed by atoms with Crippen LogP contribution in [0.4, 0.5) is 34.1 Å². The summed E-state index contributed by atoms with van der Waals surface area (Å²) in [4.78, 5) is 4.68. The van der Waals surface area contributed by atoms with E-state index in [-0.39, 0.29) is 5.41 Å². The van der Waals surface area contributed by atoms with Crippen LogP contribution in [0.25, 0.3) is 44.2 Å². The smallest absolute Gasteiger partial charge is 0.159 e. The predicted octanol–water partition coefficient (Wildman–Crippen LogP) is 15.5. The average molecular weight is 745 g/mol. The van der Waals surface area contributed by atoms with Crippen molar-refractivity contribution in [3.8, 4) is 44.9 Å². The highest BCUT2D eigenvalue weighted by Gasteiger charge is 2.36. The van der Waals surface area contributed by atoms with E-state index < -0.39 is 0 Å². The number of anilines is 6. The molecule has 11 rings (SSSR count). The third-order valence-corrected chi connectivity index (χ3v) is 12.0. The number of fused-ring (bicyclic) bond motifs is 5. The average Bonchev–Trinajstić information content (AvgIpc) is 3.50. The molecular weight excluding hydrogens is 705 g/mol. The van der Waals surface area contributed by atoms with Crippen LogP contribution in [-0.2, 0) is 5.41 Å². The van der Waals surface area contributed by atoms with Gasteiger partial charge < -0.3 is 14.5 Å². The number of benzene rings is 9. The highest BCUT2D eigenvalue weighted by atomic mass is 16.5. The van der Waals surface area contributed by atoms with Gasteiger partial charge in [-0.2, -0.15) is 0 Å². The molecule has 0 amide bonds. The van der Waals surface area contributed by atoms with Crippen LogP contribution in [0.3, 0.4) is 0 Å². The highest BCUT2D eigenvalue weighted by Crippen LogP contribution is 2.56. The lowest BCUT2D eigenvalue weighted by molar-refractivity contribution is 0.488. The molecule has 0 saturated carbocycles. The van der Waals surface area contributed by atoms with Crippen molar-refractivity contribution in [3.63, 3.8) is 0 Å². The van der Waals surface area contributed by atoms with Crippen LogP contribution < -0.4 is 14.5 Å². The van der Waals surface area contributed by atoms with Gasteiger partial charge in [0.05, 0.1) is 11.4 Å². The van der Waals surface area contributed by atoms with Gasteiger partial charge in [-0.1, -0.05) is 153 Å². The fraction of sp³-hybridized carbons (Fsp3) is 0.0545. The second kappa shape index (κ2) is 13.4. The number of nitrogens with zero attached hydrogens (tertiary/aromatic N) is 2. The molecule has 58 heavy (non-hydrogen) atoms. The predicted molar refractivity (Wildman–Crippen MR) is 242 cm³/mol. The van der Waals surface area contributed by atoms with E-state index in [0.29, 0.717) is 0 Å². The maximum absolute atomic E-state index is 7.28. The number of para-hydroxylation sites is 3. The fourth-order valence-electron chi connectivity index (χ4n) is 9.23. The Morgan fingerprint density at radius 1 is 0.379 bits per heavy atom. The van der Waals surface area contributed by atoms with Crippen molar-refractivity contribution < 1.29 is 4.74 Å². The summed E-state index contributed by atoms with van der Waals surface area (Å²) in [5, 5.41) is 2.25. The van der Waals surface area contributed by atoms with Gasteiger partial charge in [-0.25, -0.2) is 0 Å². The molecule has 1 heterocycles. The third-order valence-electron chi connectivity index (χ3n) is 12.0. The minimum atomic E-state index is -0.147. The van der Waals surface area contributed by atoms with Gasteiger partial charge in [0.25, 0.3) is 0 Å². The van der Waals surface area contributed by atoms with Crippen molar-refractivity contribution in [2.75, 3.05) is 9.80 Å². The van der Waals surface area contributed by atoms with Crippen molar-refractivity contribution >= 4 is 44.9 Å². The molecule has 0 atom stereocenters.